The number of halogens is 1. The number of nitro benzene ring substituents is 1. The van der Waals surface area contributed by atoms with Crippen molar-refractivity contribution in [1.82, 2.24) is 5.32 Å². The number of rotatable bonds is 6. The van der Waals surface area contributed by atoms with E-state index in [1.807, 2.05) is 0 Å². The Bertz CT molecular complexity index is 610. The van der Waals surface area contributed by atoms with E-state index in [-0.39, 0.29) is 23.1 Å². The Morgan fingerprint density at radius 3 is 2.86 bits per heavy atom. The van der Waals surface area contributed by atoms with Crippen LogP contribution < -0.4 is 10.6 Å². The molecule has 1 aliphatic carbocycles. The van der Waals surface area contributed by atoms with E-state index in [9.17, 15) is 19.3 Å². The van der Waals surface area contributed by atoms with Gasteiger partial charge < -0.3 is 10.6 Å². The van der Waals surface area contributed by atoms with Crippen LogP contribution in [0.5, 0.6) is 0 Å². The molecule has 1 heterocycles. The number of benzene rings is 1. The van der Waals surface area contributed by atoms with Gasteiger partial charge in [-0.25, -0.2) is 4.39 Å². The summed E-state index contributed by atoms with van der Waals surface area (Å²) >= 11 is 0. The van der Waals surface area contributed by atoms with E-state index >= 15 is 0 Å². The largest absolute Gasteiger partial charge is 0.378 e. The molecule has 0 aromatic heterocycles. The van der Waals surface area contributed by atoms with Crippen molar-refractivity contribution in [2.75, 3.05) is 25.0 Å². The van der Waals surface area contributed by atoms with Crippen molar-refractivity contribution in [3.63, 3.8) is 0 Å². The third kappa shape index (κ3) is 2.81. The zero-order chi connectivity index (χ0) is 15.7. The number of hydrogen-bond acceptors (Lipinski definition) is 5. The van der Waals surface area contributed by atoms with E-state index in [2.05, 4.69) is 10.6 Å². The fourth-order valence-electron chi connectivity index (χ4n) is 3.04. The average molecular weight is 307 g/mol. The molecule has 0 radical (unpaired) electrons. The van der Waals surface area contributed by atoms with Gasteiger partial charge >= 0.3 is 0 Å². The molecular formula is C15H18FN3O3. The van der Waals surface area contributed by atoms with Crippen molar-refractivity contribution in [3.8, 4) is 0 Å². The number of hydrogen-bond donors (Lipinski definition) is 2. The number of carbonyl (C=O) groups excluding carboxylic acids is 1. The molecule has 0 amide bonds. The predicted molar refractivity (Wildman–Crippen MR) is 79.2 cm³/mol. The molecule has 2 aliphatic rings. The van der Waals surface area contributed by atoms with Gasteiger partial charge in [-0.3, -0.25) is 14.9 Å². The van der Waals surface area contributed by atoms with Gasteiger partial charge in [0.05, 0.1) is 10.3 Å². The van der Waals surface area contributed by atoms with Gasteiger partial charge in [-0.15, -0.1) is 0 Å². The van der Waals surface area contributed by atoms with Crippen LogP contribution in [0.3, 0.4) is 0 Å². The van der Waals surface area contributed by atoms with E-state index in [0.717, 1.165) is 37.6 Å². The smallest absolute Gasteiger partial charge is 0.292 e. The highest BCUT2D eigenvalue weighted by molar-refractivity contribution is 5.90. The van der Waals surface area contributed by atoms with Crippen molar-refractivity contribution < 1.29 is 14.1 Å². The van der Waals surface area contributed by atoms with Crippen LogP contribution in [0.25, 0.3) is 0 Å². The number of carbonyl (C=O) groups is 1. The molecule has 1 aromatic rings. The van der Waals surface area contributed by atoms with Gasteiger partial charge in [0.15, 0.2) is 0 Å². The molecule has 0 unspecified atom stereocenters. The van der Waals surface area contributed by atoms with Crippen LogP contribution in [-0.2, 0) is 4.79 Å². The molecule has 1 saturated heterocycles. The first-order valence-electron chi connectivity index (χ1n) is 7.45. The molecule has 6 nitrogen and oxygen atoms in total. The van der Waals surface area contributed by atoms with E-state index in [4.69, 9.17) is 0 Å². The summed E-state index contributed by atoms with van der Waals surface area (Å²) in [6, 6.07) is 3.31. The van der Waals surface area contributed by atoms with Crippen molar-refractivity contribution in [2.24, 2.45) is 11.3 Å². The quantitative estimate of drug-likeness (QED) is 0.621. The van der Waals surface area contributed by atoms with Gasteiger partial charge in [-0.05, 0) is 31.9 Å². The zero-order valence-electron chi connectivity index (χ0n) is 12.1. The Balaban J connectivity index is 1.79. The van der Waals surface area contributed by atoms with Gasteiger partial charge in [0.1, 0.15) is 17.3 Å². The number of ketones is 1. The molecule has 7 heteroatoms. The second-order valence-electron chi connectivity index (χ2n) is 6.12. The van der Waals surface area contributed by atoms with Crippen LogP contribution in [-0.4, -0.2) is 30.3 Å². The fourth-order valence-corrected chi connectivity index (χ4v) is 3.04. The second kappa shape index (κ2) is 5.64. The molecular weight excluding hydrogens is 289 g/mol. The summed E-state index contributed by atoms with van der Waals surface area (Å²) in [6.45, 7) is 1.61. The third-order valence-corrected chi connectivity index (χ3v) is 4.49. The van der Waals surface area contributed by atoms with E-state index in [1.54, 1.807) is 0 Å². The van der Waals surface area contributed by atoms with Crippen LogP contribution in [0.15, 0.2) is 18.2 Å². The Labute approximate surface area is 127 Å². The number of nitrogens with zero attached hydrogens (tertiary/aromatic N) is 1. The molecule has 0 bridgehead atoms. The maximum atomic E-state index is 13.4. The summed E-state index contributed by atoms with van der Waals surface area (Å²) in [6.07, 6.45) is 2.57. The molecule has 3 rings (SSSR count). The first-order valence-corrected chi connectivity index (χ1v) is 7.45. The number of nitrogens with one attached hydrogen (secondary N) is 2. The average Bonchev–Trinajstić information content (AvgIpc) is 3.22. The Morgan fingerprint density at radius 2 is 2.27 bits per heavy atom. The third-order valence-electron chi connectivity index (χ3n) is 4.49. The van der Waals surface area contributed by atoms with E-state index in [1.165, 1.54) is 0 Å². The van der Waals surface area contributed by atoms with Crippen LogP contribution in [0.1, 0.15) is 19.3 Å². The van der Waals surface area contributed by atoms with Crippen LogP contribution >= 0.6 is 0 Å². The van der Waals surface area contributed by atoms with Gasteiger partial charge in [-0.1, -0.05) is 0 Å². The highest BCUT2D eigenvalue weighted by atomic mass is 19.1. The maximum Gasteiger partial charge on any atom is 0.292 e. The Kier molecular flexibility index (Phi) is 3.82. The summed E-state index contributed by atoms with van der Waals surface area (Å²) in [7, 11) is 0. The Hall–Kier alpha value is -2.02. The lowest BCUT2D eigenvalue weighted by atomic mass is 9.80. The van der Waals surface area contributed by atoms with Crippen LogP contribution in [0.2, 0.25) is 0 Å². The van der Waals surface area contributed by atoms with E-state index < -0.39 is 16.2 Å². The summed E-state index contributed by atoms with van der Waals surface area (Å²) in [5, 5.41) is 17.2. The monoisotopic (exact) mass is 307 g/mol. The van der Waals surface area contributed by atoms with Crippen molar-refractivity contribution in [2.45, 2.75) is 19.3 Å². The standard InChI is InChI=1S/C15H18FN3O3/c16-11-3-4-13(19(21)22)12(7-11)18-9-15(5-6-17-8-15)14(20)10-1-2-10/h3-4,7,10,17-18H,1-2,5-6,8-9H2/t15-/m0/s1. The molecule has 2 fully saturated rings. The minimum atomic E-state index is -0.552. The molecule has 2 N–H and O–H groups in total. The van der Waals surface area contributed by atoms with Gasteiger partial charge in [0, 0.05) is 31.1 Å². The predicted octanol–water partition coefficient (Wildman–Crippen LogP) is 2.10. The summed E-state index contributed by atoms with van der Waals surface area (Å²) < 4.78 is 13.4. The topological polar surface area (TPSA) is 84.3 Å². The van der Waals surface area contributed by atoms with Gasteiger partial charge in [-0.2, -0.15) is 0 Å². The first-order chi connectivity index (χ1) is 10.5. The van der Waals surface area contributed by atoms with Gasteiger partial charge in [0.2, 0.25) is 0 Å². The molecule has 118 valence electrons. The van der Waals surface area contributed by atoms with E-state index in [0.29, 0.717) is 19.5 Å². The van der Waals surface area contributed by atoms with Crippen molar-refractivity contribution in [1.29, 1.82) is 0 Å². The lowest BCUT2D eigenvalue weighted by molar-refractivity contribution is -0.384. The highest BCUT2D eigenvalue weighted by Gasteiger charge is 2.47. The summed E-state index contributed by atoms with van der Waals surface area (Å²) in [5.41, 5.74) is -0.595. The molecule has 1 aliphatic heterocycles. The van der Waals surface area contributed by atoms with Crippen molar-refractivity contribution in [3.05, 3.63) is 34.1 Å². The second-order valence-corrected chi connectivity index (χ2v) is 6.12. The maximum absolute atomic E-state index is 13.4. The van der Waals surface area contributed by atoms with Gasteiger partial charge in [0.25, 0.3) is 5.69 Å². The summed E-state index contributed by atoms with van der Waals surface area (Å²) in [4.78, 5) is 23.0. The summed E-state index contributed by atoms with van der Waals surface area (Å²) in [5.74, 6) is -0.187. The van der Waals surface area contributed by atoms with Crippen LogP contribution in [0, 0.1) is 27.3 Å². The molecule has 22 heavy (non-hydrogen) atoms. The molecule has 0 spiro atoms. The number of nitro groups is 1. The van der Waals surface area contributed by atoms with Crippen LogP contribution in [0.4, 0.5) is 15.8 Å². The Morgan fingerprint density at radius 1 is 1.50 bits per heavy atom. The highest BCUT2D eigenvalue weighted by Crippen LogP contribution is 2.40. The SMILES string of the molecule is O=C(C1CC1)[C@@]1(CNc2cc(F)ccc2[N+](=O)[O-])CCNC1. The molecule has 1 atom stereocenters. The minimum absolute atomic E-state index is 0.125. The zero-order valence-corrected chi connectivity index (χ0v) is 12.1. The molecule has 1 saturated carbocycles. The minimum Gasteiger partial charge on any atom is -0.378 e. The first kappa shape index (κ1) is 14.9. The molecule has 1 aromatic carbocycles. The number of Topliss-reactive ketones (excluding diaryl/α,β-unsaturated/α-hetero) is 1. The normalized spacial score (nSPS) is 24.2. The number of anilines is 1. The lowest BCUT2D eigenvalue weighted by Crippen LogP contribution is -2.41. The lowest BCUT2D eigenvalue weighted by Gasteiger charge is -2.27. The fraction of sp³-hybridized carbons (Fsp3) is 0.533. The van der Waals surface area contributed by atoms with Crippen molar-refractivity contribution >= 4 is 17.2 Å².